The molecule has 0 atom stereocenters. The molecule has 0 spiro atoms. The second-order valence-corrected chi connectivity index (χ2v) is 6.33. The van der Waals surface area contributed by atoms with Gasteiger partial charge < -0.3 is 14.2 Å². The maximum Gasteiger partial charge on any atom is 0.253 e. The highest BCUT2D eigenvalue weighted by molar-refractivity contribution is 5.94. The lowest BCUT2D eigenvalue weighted by atomic mass is 10.1. The first-order chi connectivity index (χ1) is 11.6. The Hall–Kier alpha value is -2.30. The van der Waals surface area contributed by atoms with Crippen molar-refractivity contribution < 1.29 is 14.1 Å². The van der Waals surface area contributed by atoms with E-state index in [1.807, 2.05) is 43.0 Å². The Bertz CT molecular complexity index is 681. The molecular formula is C19H24N2O3. The summed E-state index contributed by atoms with van der Waals surface area (Å²) in [6.45, 7) is 5.86. The Balaban J connectivity index is 1.68. The number of hydrogen-bond donors (Lipinski definition) is 0. The first kappa shape index (κ1) is 16.6. The molecule has 5 nitrogen and oxygen atoms in total. The molecule has 1 amide bonds. The Labute approximate surface area is 142 Å². The van der Waals surface area contributed by atoms with E-state index in [1.54, 1.807) is 0 Å². The fourth-order valence-corrected chi connectivity index (χ4v) is 3.04. The number of carbonyl (C=O) groups excluding carboxylic acids is 1. The lowest BCUT2D eigenvalue weighted by Crippen LogP contribution is -2.31. The summed E-state index contributed by atoms with van der Waals surface area (Å²) in [5.74, 6) is 1.56. The third-order valence-electron chi connectivity index (χ3n) is 4.54. The highest BCUT2D eigenvalue weighted by atomic mass is 16.5. The lowest BCUT2D eigenvalue weighted by Gasteiger charge is -2.20. The molecule has 1 fully saturated rings. The third kappa shape index (κ3) is 3.78. The van der Waals surface area contributed by atoms with Gasteiger partial charge in [0.05, 0.1) is 11.3 Å². The summed E-state index contributed by atoms with van der Waals surface area (Å²) in [6, 6.07) is 7.42. The number of carbonyl (C=O) groups is 1. The van der Waals surface area contributed by atoms with Crippen LogP contribution in [-0.2, 0) is 6.61 Å². The molecule has 1 aromatic carbocycles. The minimum atomic E-state index is 0.0969. The number of aryl methyl sites for hydroxylation is 2. The van der Waals surface area contributed by atoms with Gasteiger partial charge in [0.1, 0.15) is 18.1 Å². The van der Waals surface area contributed by atoms with Gasteiger partial charge in [-0.2, -0.15) is 0 Å². The van der Waals surface area contributed by atoms with Gasteiger partial charge in [-0.3, -0.25) is 4.79 Å². The largest absolute Gasteiger partial charge is 0.489 e. The van der Waals surface area contributed by atoms with Crippen LogP contribution in [-0.4, -0.2) is 29.1 Å². The van der Waals surface area contributed by atoms with Crippen LogP contribution in [0.25, 0.3) is 0 Å². The molecule has 1 aromatic heterocycles. The van der Waals surface area contributed by atoms with Gasteiger partial charge in [-0.25, -0.2) is 0 Å². The van der Waals surface area contributed by atoms with Crippen LogP contribution < -0.4 is 4.74 Å². The van der Waals surface area contributed by atoms with Crippen molar-refractivity contribution in [3.8, 4) is 5.75 Å². The highest BCUT2D eigenvalue weighted by Crippen LogP contribution is 2.20. The zero-order chi connectivity index (χ0) is 16.9. The van der Waals surface area contributed by atoms with E-state index >= 15 is 0 Å². The standard InChI is InChI=1S/C19H24N2O3/c1-14-18(15(2)24-20-14)13-23-17-9-7-8-16(12-17)19(22)21-10-5-3-4-6-11-21/h7-9,12H,3-6,10-11,13H2,1-2H3. The van der Waals surface area contributed by atoms with Crippen LogP contribution in [0.2, 0.25) is 0 Å². The minimum Gasteiger partial charge on any atom is -0.489 e. The van der Waals surface area contributed by atoms with E-state index in [0.717, 1.165) is 42.9 Å². The maximum absolute atomic E-state index is 12.7. The van der Waals surface area contributed by atoms with Crippen molar-refractivity contribution in [3.05, 3.63) is 46.8 Å². The molecule has 1 aliphatic heterocycles. The van der Waals surface area contributed by atoms with Gasteiger partial charge in [0.15, 0.2) is 0 Å². The maximum atomic E-state index is 12.7. The van der Waals surface area contributed by atoms with Crippen LogP contribution in [0.1, 0.15) is 53.1 Å². The molecule has 1 aliphatic rings. The Morgan fingerprint density at radius 2 is 1.96 bits per heavy atom. The van der Waals surface area contributed by atoms with Gasteiger partial charge in [0.25, 0.3) is 5.91 Å². The van der Waals surface area contributed by atoms with Gasteiger partial charge in [-0.05, 0) is 44.9 Å². The van der Waals surface area contributed by atoms with Gasteiger partial charge in [-0.1, -0.05) is 24.1 Å². The number of benzene rings is 1. The van der Waals surface area contributed by atoms with E-state index in [-0.39, 0.29) is 5.91 Å². The summed E-state index contributed by atoms with van der Waals surface area (Å²) >= 11 is 0. The fourth-order valence-electron chi connectivity index (χ4n) is 3.04. The minimum absolute atomic E-state index is 0.0969. The Kier molecular flexibility index (Phi) is 5.18. The van der Waals surface area contributed by atoms with Gasteiger partial charge in [0, 0.05) is 18.7 Å². The molecule has 128 valence electrons. The molecule has 3 rings (SSSR count). The molecule has 0 saturated carbocycles. The number of nitrogens with zero attached hydrogens (tertiary/aromatic N) is 2. The number of rotatable bonds is 4. The lowest BCUT2D eigenvalue weighted by molar-refractivity contribution is 0.0761. The van der Waals surface area contributed by atoms with Crippen molar-refractivity contribution in [3.63, 3.8) is 0 Å². The molecule has 5 heteroatoms. The normalized spacial score (nSPS) is 15.2. The second-order valence-electron chi connectivity index (χ2n) is 6.33. The predicted octanol–water partition coefficient (Wildman–Crippen LogP) is 3.89. The smallest absolute Gasteiger partial charge is 0.253 e. The van der Waals surface area contributed by atoms with E-state index in [1.165, 1.54) is 12.8 Å². The number of hydrogen-bond acceptors (Lipinski definition) is 4. The third-order valence-corrected chi connectivity index (χ3v) is 4.54. The van der Waals surface area contributed by atoms with Gasteiger partial charge in [0.2, 0.25) is 0 Å². The second kappa shape index (κ2) is 7.51. The molecule has 0 N–H and O–H groups in total. The monoisotopic (exact) mass is 328 g/mol. The van der Waals surface area contributed by atoms with Crippen LogP contribution >= 0.6 is 0 Å². The average molecular weight is 328 g/mol. The van der Waals surface area contributed by atoms with E-state index < -0.39 is 0 Å². The number of aromatic nitrogens is 1. The van der Waals surface area contributed by atoms with E-state index in [2.05, 4.69) is 5.16 Å². The van der Waals surface area contributed by atoms with Crippen molar-refractivity contribution >= 4 is 5.91 Å². The Morgan fingerprint density at radius 3 is 2.62 bits per heavy atom. The molecule has 0 unspecified atom stereocenters. The number of ether oxygens (including phenoxy) is 1. The van der Waals surface area contributed by atoms with Crippen molar-refractivity contribution in [1.82, 2.24) is 10.1 Å². The SMILES string of the molecule is Cc1noc(C)c1COc1cccc(C(=O)N2CCCCCC2)c1. The summed E-state index contributed by atoms with van der Waals surface area (Å²) in [7, 11) is 0. The van der Waals surface area contributed by atoms with Gasteiger partial charge in [-0.15, -0.1) is 0 Å². The van der Waals surface area contributed by atoms with Crippen molar-refractivity contribution in [2.45, 2.75) is 46.1 Å². The fraction of sp³-hybridized carbons (Fsp3) is 0.474. The van der Waals surface area contributed by atoms with Crippen LogP contribution in [0.15, 0.2) is 28.8 Å². The Morgan fingerprint density at radius 1 is 1.21 bits per heavy atom. The van der Waals surface area contributed by atoms with Crippen molar-refractivity contribution in [1.29, 1.82) is 0 Å². The summed E-state index contributed by atoms with van der Waals surface area (Å²) < 4.78 is 11.0. The topological polar surface area (TPSA) is 55.6 Å². The van der Waals surface area contributed by atoms with E-state index in [4.69, 9.17) is 9.26 Å². The van der Waals surface area contributed by atoms with E-state index in [9.17, 15) is 4.79 Å². The van der Waals surface area contributed by atoms with Crippen LogP contribution in [0.4, 0.5) is 0 Å². The zero-order valence-corrected chi connectivity index (χ0v) is 14.4. The number of amides is 1. The molecule has 2 heterocycles. The number of likely N-dealkylation sites (tertiary alicyclic amines) is 1. The summed E-state index contributed by atoms with van der Waals surface area (Å²) in [4.78, 5) is 14.6. The first-order valence-corrected chi connectivity index (χ1v) is 8.59. The highest BCUT2D eigenvalue weighted by Gasteiger charge is 2.18. The first-order valence-electron chi connectivity index (χ1n) is 8.59. The van der Waals surface area contributed by atoms with Crippen LogP contribution in [0.3, 0.4) is 0 Å². The molecule has 0 aliphatic carbocycles. The summed E-state index contributed by atoms with van der Waals surface area (Å²) in [6.07, 6.45) is 4.61. The van der Waals surface area contributed by atoms with Gasteiger partial charge >= 0.3 is 0 Å². The molecule has 24 heavy (non-hydrogen) atoms. The average Bonchev–Trinajstić information content (AvgIpc) is 2.81. The summed E-state index contributed by atoms with van der Waals surface area (Å²) in [5.41, 5.74) is 2.48. The van der Waals surface area contributed by atoms with Crippen molar-refractivity contribution in [2.75, 3.05) is 13.1 Å². The molecular weight excluding hydrogens is 304 g/mol. The van der Waals surface area contributed by atoms with Crippen molar-refractivity contribution in [2.24, 2.45) is 0 Å². The van der Waals surface area contributed by atoms with Crippen LogP contribution in [0, 0.1) is 13.8 Å². The summed E-state index contributed by atoms with van der Waals surface area (Å²) in [5, 5.41) is 3.93. The molecule has 2 aromatic rings. The van der Waals surface area contributed by atoms with E-state index in [0.29, 0.717) is 17.9 Å². The zero-order valence-electron chi connectivity index (χ0n) is 14.4. The molecule has 0 radical (unpaired) electrons. The van der Waals surface area contributed by atoms with Crippen LogP contribution in [0.5, 0.6) is 5.75 Å². The molecule has 1 saturated heterocycles. The quantitative estimate of drug-likeness (QED) is 0.854. The molecule has 0 bridgehead atoms. The predicted molar refractivity (Wildman–Crippen MR) is 91.1 cm³/mol.